The van der Waals surface area contributed by atoms with E-state index in [2.05, 4.69) is 25.3 Å². The van der Waals surface area contributed by atoms with Crippen molar-refractivity contribution in [2.24, 2.45) is 13.0 Å². The van der Waals surface area contributed by atoms with E-state index < -0.39 is 0 Å². The number of hydrogen-bond donors (Lipinski definition) is 1. The van der Waals surface area contributed by atoms with Gasteiger partial charge in [0.25, 0.3) is 0 Å². The maximum Gasteiger partial charge on any atom is 0.230 e. The Balaban J connectivity index is 1.69. The van der Waals surface area contributed by atoms with Gasteiger partial charge in [0.15, 0.2) is 5.82 Å². The summed E-state index contributed by atoms with van der Waals surface area (Å²) in [4.78, 5) is 23.7. The number of anilines is 2. The molecule has 0 aromatic carbocycles. The third kappa shape index (κ3) is 3.55. The molecule has 1 fully saturated rings. The molecular formula is C17H24N6O. The lowest BCUT2D eigenvalue weighted by Gasteiger charge is -2.32. The molecule has 0 radical (unpaired) electrons. The van der Waals surface area contributed by atoms with E-state index in [-0.39, 0.29) is 11.8 Å². The summed E-state index contributed by atoms with van der Waals surface area (Å²) in [5.74, 6) is 1.27. The van der Waals surface area contributed by atoms with Crippen LogP contribution in [0.3, 0.4) is 0 Å². The van der Waals surface area contributed by atoms with Gasteiger partial charge < -0.3 is 10.2 Å². The number of aromatic nitrogens is 4. The highest BCUT2D eigenvalue weighted by atomic mass is 16.2. The van der Waals surface area contributed by atoms with Crippen molar-refractivity contribution in [3.05, 3.63) is 29.2 Å². The molecule has 1 aliphatic rings. The Bertz CT molecular complexity index is 714. The average Bonchev–Trinajstić information content (AvgIpc) is 2.84. The highest BCUT2D eigenvalue weighted by Gasteiger charge is 2.27. The third-order valence-corrected chi connectivity index (χ3v) is 4.41. The van der Waals surface area contributed by atoms with Gasteiger partial charge in [0, 0.05) is 43.3 Å². The smallest absolute Gasteiger partial charge is 0.230 e. The number of aryl methyl sites for hydroxylation is 4. The van der Waals surface area contributed by atoms with E-state index in [0.29, 0.717) is 12.4 Å². The van der Waals surface area contributed by atoms with E-state index in [1.54, 1.807) is 4.68 Å². The minimum absolute atomic E-state index is 0.0159. The molecule has 128 valence electrons. The zero-order chi connectivity index (χ0) is 17.3. The number of hydrogen-bond acceptors (Lipinski definition) is 5. The van der Waals surface area contributed by atoms with Gasteiger partial charge in [0.2, 0.25) is 11.9 Å². The molecule has 3 heterocycles. The summed E-state index contributed by atoms with van der Waals surface area (Å²) >= 11 is 0. The maximum atomic E-state index is 12.6. The molecule has 24 heavy (non-hydrogen) atoms. The first-order chi connectivity index (χ1) is 11.4. The fourth-order valence-electron chi connectivity index (χ4n) is 3.07. The molecule has 0 spiro atoms. The van der Waals surface area contributed by atoms with E-state index in [9.17, 15) is 4.79 Å². The normalized spacial score (nSPS) is 17.8. The Morgan fingerprint density at radius 1 is 1.21 bits per heavy atom. The zero-order valence-electron chi connectivity index (χ0n) is 14.7. The van der Waals surface area contributed by atoms with Crippen LogP contribution in [-0.4, -0.2) is 38.7 Å². The van der Waals surface area contributed by atoms with E-state index in [1.165, 1.54) is 0 Å². The van der Waals surface area contributed by atoms with Gasteiger partial charge in [0.05, 0.1) is 5.92 Å². The van der Waals surface area contributed by atoms with Gasteiger partial charge in [-0.2, -0.15) is 5.10 Å². The first kappa shape index (κ1) is 16.4. The SMILES string of the molecule is Cc1cc(C)nc(N2CCC[C@@H](C(=O)Nc3cc(C)n(C)n3)C2)n1. The van der Waals surface area contributed by atoms with Crippen molar-refractivity contribution < 1.29 is 4.79 Å². The monoisotopic (exact) mass is 328 g/mol. The van der Waals surface area contributed by atoms with Crippen molar-refractivity contribution in [3.63, 3.8) is 0 Å². The van der Waals surface area contributed by atoms with Gasteiger partial charge in [-0.15, -0.1) is 0 Å². The molecule has 1 atom stereocenters. The van der Waals surface area contributed by atoms with E-state index in [4.69, 9.17) is 0 Å². The van der Waals surface area contributed by atoms with Crippen LogP contribution >= 0.6 is 0 Å². The van der Waals surface area contributed by atoms with Gasteiger partial charge in [-0.05, 0) is 39.7 Å². The van der Waals surface area contributed by atoms with Crippen LogP contribution in [0.1, 0.15) is 29.9 Å². The standard InChI is InChI=1S/C17H24N6O/c1-11-8-12(2)19-17(18-11)23-7-5-6-14(10-23)16(24)20-15-9-13(3)22(4)21-15/h8-9,14H,5-7,10H2,1-4H3,(H,20,21,24)/t14-/m1/s1. The molecule has 7 nitrogen and oxygen atoms in total. The van der Waals surface area contributed by atoms with Crippen LogP contribution in [0.5, 0.6) is 0 Å². The second-order valence-corrected chi connectivity index (χ2v) is 6.52. The molecule has 2 aromatic rings. The first-order valence-corrected chi connectivity index (χ1v) is 8.31. The van der Waals surface area contributed by atoms with Gasteiger partial charge in [-0.3, -0.25) is 9.48 Å². The number of nitrogens with one attached hydrogen (secondary N) is 1. The summed E-state index contributed by atoms with van der Waals surface area (Å²) in [5.41, 5.74) is 2.92. The van der Waals surface area contributed by atoms with E-state index >= 15 is 0 Å². The highest BCUT2D eigenvalue weighted by molar-refractivity contribution is 5.92. The maximum absolute atomic E-state index is 12.6. The van der Waals surface area contributed by atoms with Gasteiger partial charge in [0.1, 0.15) is 0 Å². The van der Waals surface area contributed by atoms with Crippen LogP contribution in [0.25, 0.3) is 0 Å². The summed E-state index contributed by atoms with van der Waals surface area (Å²) in [7, 11) is 1.87. The van der Waals surface area contributed by atoms with Crippen molar-refractivity contribution in [2.45, 2.75) is 33.6 Å². The lowest BCUT2D eigenvalue weighted by atomic mass is 9.97. The number of nitrogens with zero attached hydrogens (tertiary/aromatic N) is 5. The molecule has 2 aromatic heterocycles. The van der Waals surface area contributed by atoms with Crippen molar-refractivity contribution in [1.82, 2.24) is 19.7 Å². The first-order valence-electron chi connectivity index (χ1n) is 8.31. The minimum atomic E-state index is -0.0783. The number of rotatable bonds is 3. The zero-order valence-corrected chi connectivity index (χ0v) is 14.7. The Labute approximate surface area is 142 Å². The molecule has 1 saturated heterocycles. The van der Waals surface area contributed by atoms with E-state index in [0.717, 1.165) is 42.4 Å². The average molecular weight is 328 g/mol. The summed E-state index contributed by atoms with van der Waals surface area (Å²) in [6.45, 7) is 7.42. The third-order valence-electron chi connectivity index (χ3n) is 4.41. The molecule has 3 rings (SSSR count). The second-order valence-electron chi connectivity index (χ2n) is 6.52. The van der Waals surface area contributed by atoms with Gasteiger partial charge >= 0.3 is 0 Å². The summed E-state index contributed by atoms with van der Waals surface area (Å²) in [5, 5.41) is 7.22. The van der Waals surface area contributed by atoms with Gasteiger partial charge in [-0.1, -0.05) is 0 Å². The Morgan fingerprint density at radius 3 is 2.54 bits per heavy atom. The van der Waals surface area contributed by atoms with Crippen LogP contribution in [0, 0.1) is 26.7 Å². The summed E-state index contributed by atoms with van der Waals surface area (Å²) < 4.78 is 1.76. The molecule has 1 amide bonds. The minimum Gasteiger partial charge on any atom is -0.340 e. The number of amides is 1. The topological polar surface area (TPSA) is 75.9 Å². The van der Waals surface area contributed by atoms with Crippen molar-refractivity contribution in [2.75, 3.05) is 23.3 Å². The lowest BCUT2D eigenvalue weighted by Crippen LogP contribution is -2.41. The molecular weight excluding hydrogens is 304 g/mol. The van der Waals surface area contributed by atoms with Crippen LogP contribution < -0.4 is 10.2 Å². The number of carbonyl (C=O) groups excluding carboxylic acids is 1. The predicted octanol–water partition coefficient (Wildman–Crippen LogP) is 1.99. The number of carbonyl (C=O) groups is 1. The van der Waals surface area contributed by atoms with Crippen molar-refractivity contribution >= 4 is 17.7 Å². The van der Waals surface area contributed by atoms with Crippen molar-refractivity contribution in [1.29, 1.82) is 0 Å². The van der Waals surface area contributed by atoms with Crippen LogP contribution in [0.15, 0.2) is 12.1 Å². The van der Waals surface area contributed by atoms with Crippen LogP contribution in [0.2, 0.25) is 0 Å². The lowest BCUT2D eigenvalue weighted by molar-refractivity contribution is -0.120. The molecule has 0 saturated carbocycles. The van der Waals surface area contributed by atoms with Crippen LogP contribution in [0.4, 0.5) is 11.8 Å². The molecule has 0 bridgehead atoms. The predicted molar refractivity (Wildman–Crippen MR) is 93.0 cm³/mol. The molecule has 7 heteroatoms. The second kappa shape index (κ2) is 6.59. The molecule has 1 N–H and O–H groups in total. The summed E-state index contributed by atoms with van der Waals surface area (Å²) in [6, 6.07) is 3.84. The Kier molecular flexibility index (Phi) is 4.51. The largest absolute Gasteiger partial charge is 0.340 e. The Hall–Kier alpha value is -2.44. The highest BCUT2D eigenvalue weighted by Crippen LogP contribution is 2.22. The fourth-order valence-corrected chi connectivity index (χ4v) is 3.07. The Morgan fingerprint density at radius 2 is 1.92 bits per heavy atom. The van der Waals surface area contributed by atoms with Gasteiger partial charge in [-0.25, -0.2) is 9.97 Å². The quantitative estimate of drug-likeness (QED) is 0.932. The molecule has 0 unspecified atom stereocenters. The summed E-state index contributed by atoms with van der Waals surface area (Å²) in [6.07, 6.45) is 1.83. The fraction of sp³-hybridized carbons (Fsp3) is 0.529. The van der Waals surface area contributed by atoms with Crippen LogP contribution in [-0.2, 0) is 11.8 Å². The van der Waals surface area contributed by atoms with Crippen molar-refractivity contribution in [3.8, 4) is 0 Å². The molecule has 0 aliphatic carbocycles. The molecule has 1 aliphatic heterocycles. The number of piperidine rings is 1. The van der Waals surface area contributed by atoms with E-state index in [1.807, 2.05) is 40.0 Å².